The second-order valence-corrected chi connectivity index (χ2v) is 5.33. The van der Waals surface area contributed by atoms with Gasteiger partial charge in [-0.3, -0.25) is 4.79 Å². The van der Waals surface area contributed by atoms with E-state index in [4.69, 9.17) is 32.4 Å². The summed E-state index contributed by atoms with van der Waals surface area (Å²) in [5.74, 6) is 1.15. The Kier molecular flexibility index (Phi) is 4.50. The molecule has 2 aromatic heterocycles. The zero-order valence-corrected chi connectivity index (χ0v) is 13.1. The van der Waals surface area contributed by atoms with E-state index in [9.17, 15) is 4.79 Å². The van der Waals surface area contributed by atoms with Crippen molar-refractivity contribution in [3.8, 4) is 11.5 Å². The van der Waals surface area contributed by atoms with E-state index in [1.165, 1.54) is 12.5 Å². The van der Waals surface area contributed by atoms with Gasteiger partial charge >= 0.3 is 0 Å². The Morgan fingerprint density at radius 1 is 1.17 bits per heavy atom. The Hall–Kier alpha value is -2.50. The third kappa shape index (κ3) is 3.83. The van der Waals surface area contributed by atoms with Crippen molar-refractivity contribution in [1.82, 2.24) is 4.98 Å². The van der Waals surface area contributed by atoms with Crippen molar-refractivity contribution in [2.45, 2.75) is 0 Å². The van der Waals surface area contributed by atoms with Crippen LogP contribution in [0.25, 0.3) is 0 Å². The summed E-state index contributed by atoms with van der Waals surface area (Å²) in [5, 5.41) is 3.53. The van der Waals surface area contributed by atoms with Crippen LogP contribution in [0.4, 0.5) is 5.82 Å². The van der Waals surface area contributed by atoms with E-state index in [0.29, 0.717) is 27.4 Å². The first-order valence-corrected chi connectivity index (χ1v) is 7.31. The number of ether oxygens (including phenoxy) is 1. The fourth-order valence-electron chi connectivity index (χ4n) is 1.79. The molecule has 0 aliphatic heterocycles. The number of carbonyl (C=O) groups is 1. The average molecular weight is 349 g/mol. The number of anilines is 1. The van der Waals surface area contributed by atoms with Crippen LogP contribution in [0.3, 0.4) is 0 Å². The molecular weight excluding hydrogens is 339 g/mol. The standard InChI is InChI=1S/C16H10Cl2N2O3/c17-10-3-5-13(12(18)8-10)23-11-4-6-15(19-9-11)20-16(21)14-2-1-7-22-14/h1-9H,(H,19,20,21). The number of amides is 1. The molecule has 0 radical (unpaired) electrons. The van der Waals surface area contributed by atoms with Crippen LogP contribution in [-0.2, 0) is 0 Å². The maximum Gasteiger partial charge on any atom is 0.292 e. The average Bonchev–Trinajstić information content (AvgIpc) is 3.06. The lowest BCUT2D eigenvalue weighted by molar-refractivity contribution is 0.0996. The van der Waals surface area contributed by atoms with E-state index in [1.54, 1.807) is 42.5 Å². The van der Waals surface area contributed by atoms with Crippen LogP contribution in [0.2, 0.25) is 10.0 Å². The zero-order chi connectivity index (χ0) is 16.2. The van der Waals surface area contributed by atoms with Crippen LogP contribution in [0.1, 0.15) is 10.6 Å². The number of rotatable bonds is 4. The molecule has 2 heterocycles. The maximum atomic E-state index is 11.8. The molecule has 1 aromatic carbocycles. The van der Waals surface area contributed by atoms with Crippen molar-refractivity contribution in [3.63, 3.8) is 0 Å². The molecule has 0 aliphatic carbocycles. The van der Waals surface area contributed by atoms with Crippen molar-refractivity contribution >= 4 is 34.9 Å². The number of benzene rings is 1. The van der Waals surface area contributed by atoms with E-state index in [-0.39, 0.29) is 11.7 Å². The molecule has 0 atom stereocenters. The number of carbonyl (C=O) groups excluding carboxylic acids is 1. The second-order valence-electron chi connectivity index (χ2n) is 4.49. The second kappa shape index (κ2) is 6.73. The van der Waals surface area contributed by atoms with Crippen molar-refractivity contribution in [2.75, 3.05) is 5.32 Å². The quantitative estimate of drug-likeness (QED) is 0.718. The Labute approximate surface area is 141 Å². The number of pyridine rings is 1. The van der Waals surface area contributed by atoms with Gasteiger partial charge < -0.3 is 14.5 Å². The lowest BCUT2D eigenvalue weighted by Crippen LogP contribution is -2.11. The third-order valence-electron chi connectivity index (χ3n) is 2.84. The summed E-state index contributed by atoms with van der Waals surface area (Å²) in [6, 6.07) is 11.4. The number of hydrogen-bond donors (Lipinski definition) is 1. The molecule has 0 unspecified atom stereocenters. The van der Waals surface area contributed by atoms with Gasteiger partial charge in [-0.2, -0.15) is 0 Å². The van der Waals surface area contributed by atoms with Gasteiger partial charge in [0.05, 0.1) is 17.5 Å². The van der Waals surface area contributed by atoms with E-state index in [2.05, 4.69) is 10.3 Å². The summed E-state index contributed by atoms with van der Waals surface area (Å²) in [6.07, 6.45) is 2.90. The molecule has 0 fully saturated rings. The lowest BCUT2D eigenvalue weighted by atomic mass is 10.3. The first kappa shape index (κ1) is 15.4. The lowest BCUT2D eigenvalue weighted by Gasteiger charge is -2.08. The van der Waals surface area contributed by atoms with Gasteiger partial charge in [0.15, 0.2) is 5.76 Å². The fourth-order valence-corrected chi connectivity index (χ4v) is 2.23. The normalized spacial score (nSPS) is 10.3. The molecule has 1 amide bonds. The molecule has 3 aromatic rings. The Morgan fingerprint density at radius 2 is 2.04 bits per heavy atom. The molecular formula is C16H10Cl2N2O3. The molecule has 0 bridgehead atoms. The molecule has 7 heteroatoms. The van der Waals surface area contributed by atoms with Gasteiger partial charge in [-0.15, -0.1) is 0 Å². The van der Waals surface area contributed by atoms with E-state index in [0.717, 1.165) is 0 Å². The molecule has 1 N–H and O–H groups in total. The highest BCUT2D eigenvalue weighted by Crippen LogP contribution is 2.31. The Balaban J connectivity index is 1.68. The van der Waals surface area contributed by atoms with E-state index >= 15 is 0 Å². The van der Waals surface area contributed by atoms with Crippen molar-refractivity contribution in [1.29, 1.82) is 0 Å². The van der Waals surface area contributed by atoms with Crippen molar-refractivity contribution in [2.24, 2.45) is 0 Å². The predicted molar refractivity (Wildman–Crippen MR) is 87.4 cm³/mol. The van der Waals surface area contributed by atoms with Gasteiger partial charge in [0, 0.05) is 5.02 Å². The summed E-state index contributed by atoms with van der Waals surface area (Å²) < 4.78 is 10.6. The van der Waals surface area contributed by atoms with Gasteiger partial charge in [-0.25, -0.2) is 4.98 Å². The first-order valence-electron chi connectivity index (χ1n) is 6.55. The molecule has 0 spiro atoms. The van der Waals surface area contributed by atoms with Crippen molar-refractivity contribution in [3.05, 3.63) is 70.7 Å². The number of nitrogens with zero attached hydrogens (tertiary/aromatic N) is 1. The minimum absolute atomic E-state index is 0.208. The molecule has 23 heavy (non-hydrogen) atoms. The highest BCUT2D eigenvalue weighted by molar-refractivity contribution is 6.35. The first-order chi connectivity index (χ1) is 11.1. The summed E-state index contributed by atoms with van der Waals surface area (Å²) in [4.78, 5) is 15.9. The van der Waals surface area contributed by atoms with Gasteiger partial charge in [0.25, 0.3) is 5.91 Å². The Morgan fingerprint density at radius 3 is 2.70 bits per heavy atom. The number of furan rings is 1. The van der Waals surface area contributed by atoms with Crippen LogP contribution in [0.15, 0.2) is 59.3 Å². The zero-order valence-electron chi connectivity index (χ0n) is 11.6. The molecule has 5 nitrogen and oxygen atoms in total. The van der Waals surface area contributed by atoms with Gasteiger partial charge in [0.2, 0.25) is 0 Å². The third-order valence-corrected chi connectivity index (χ3v) is 3.38. The van der Waals surface area contributed by atoms with Crippen LogP contribution in [0.5, 0.6) is 11.5 Å². The highest BCUT2D eigenvalue weighted by atomic mass is 35.5. The van der Waals surface area contributed by atoms with Gasteiger partial charge in [-0.05, 0) is 42.5 Å². The summed E-state index contributed by atoms with van der Waals surface area (Å²) in [7, 11) is 0. The monoisotopic (exact) mass is 348 g/mol. The summed E-state index contributed by atoms with van der Waals surface area (Å²) in [5.41, 5.74) is 0. The predicted octanol–water partition coefficient (Wildman–Crippen LogP) is 5.03. The maximum absolute atomic E-state index is 11.8. The smallest absolute Gasteiger partial charge is 0.292 e. The van der Waals surface area contributed by atoms with Crippen LogP contribution in [-0.4, -0.2) is 10.9 Å². The summed E-state index contributed by atoms with van der Waals surface area (Å²) in [6.45, 7) is 0. The van der Waals surface area contributed by atoms with E-state index < -0.39 is 0 Å². The van der Waals surface area contributed by atoms with Crippen molar-refractivity contribution < 1.29 is 13.9 Å². The summed E-state index contributed by atoms with van der Waals surface area (Å²) >= 11 is 11.9. The van der Waals surface area contributed by atoms with Crippen LogP contribution < -0.4 is 10.1 Å². The SMILES string of the molecule is O=C(Nc1ccc(Oc2ccc(Cl)cc2Cl)cn1)c1ccco1. The Bertz CT molecular complexity index is 818. The minimum atomic E-state index is -0.378. The molecule has 0 saturated carbocycles. The minimum Gasteiger partial charge on any atom is -0.459 e. The van der Waals surface area contributed by atoms with Crippen LogP contribution in [0, 0.1) is 0 Å². The van der Waals surface area contributed by atoms with Gasteiger partial charge in [-0.1, -0.05) is 23.2 Å². The molecule has 3 rings (SSSR count). The highest BCUT2D eigenvalue weighted by Gasteiger charge is 2.10. The number of halogens is 2. The number of aromatic nitrogens is 1. The number of nitrogens with one attached hydrogen (secondary N) is 1. The number of hydrogen-bond acceptors (Lipinski definition) is 4. The topological polar surface area (TPSA) is 64.4 Å². The fraction of sp³-hybridized carbons (Fsp3) is 0. The molecule has 116 valence electrons. The molecule has 0 aliphatic rings. The molecule has 0 saturated heterocycles. The largest absolute Gasteiger partial charge is 0.459 e. The van der Waals surface area contributed by atoms with E-state index in [1.807, 2.05) is 0 Å². The van der Waals surface area contributed by atoms with Crippen LogP contribution >= 0.6 is 23.2 Å². The van der Waals surface area contributed by atoms with Gasteiger partial charge in [0.1, 0.15) is 17.3 Å².